The molecule has 1 aliphatic heterocycles. The van der Waals surface area contributed by atoms with Crippen molar-refractivity contribution in [2.75, 3.05) is 11.9 Å². The lowest BCUT2D eigenvalue weighted by atomic mass is 10.0. The summed E-state index contributed by atoms with van der Waals surface area (Å²) in [6.45, 7) is 5.22. The second-order valence-corrected chi connectivity index (χ2v) is 5.86. The molecule has 0 aromatic heterocycles. The van der Waals surface area contributed by atoms with Gasteiger partial charge in [-0.1, -0.05) is 15.9 Å². The number of hydrogen-bond donors (Lipinski definition) is 0. The molecule has 0 radical (unpaired) electrons. The van der Waals surface area contributed by atoms with Crippen molar-refractivity contribution >= 4 is 15.9 Å². The lowest BCUT2D eigenvalue weighted by Gasteiger charge is -2.32. The van der Waals surface area contributed by atoms with E-state index in [1.54, 1.807) is 0 Å². The van der Waals surface area contributed by atoms with Crippen LogP contribution < -0.4 is 0 Å². The minimum atomic E-state index is 0.359. The summed E-state index contributed by atoms with van der Waals surface area (Å²) in [4.78, 5) is 0. The summed E-state index contributed by atoms with van der Waals surface area (Å²) in [5.41, 5.74) is 0.477. The lowest BCUT2D eigenvalue weighted by Crippen LogP contribution is -2.35. The standard InChI is InChI=1S/C12H21BrO2/c1-9-5-11(6-10(2)15-9)14-8-12(7-13)3-4-12/h9-11H,3-8H2,1-2H3. The Morgan fingerprint density at radius 2 is 1.87 bits per heavy atom. The maximum atomic E-state index is 6.03. The first-order valence-corrected chi connectivity index (χ1v) is 7.09. The van der Waals surface area contributed by atoms with Crippen LogP contribution in [0.3, 0.4) is 0 Å². The molecule has 2 rings (SSSR count). The Labute approximate surface area is 101 Å². The summed E-state index contributed by atoms with van der Waals surface area (Å²) in [6.07, 6.45) is 5.90. The molecule has 2 aliphatic rings. The number of alkyl halides is 1. The average Bonchev–Trinajstić information content (AvgIpc) is 2.94. The van der Waals surface area contributed by atoms with Crippen molar-refractivity contribution in [3.05, 3.63) is 0 Å². The van der Waals surface area contributed by atoms with E-state index in [0.717, 1.165) is 24.8 Å². The predicted molar refractivity (Wildman–Crippen MR) is 64.4 cm³/mol. The van der Waals surface area contributed by atoms with E-state index in [2.05, 4.69) is 29.8 Å². The summed E-state index contributed by atoms with van der Waals surface area (Å²) in [6, 6.07) is 0. The highest BCUT2D eigenvalue weighted by Gasteiger charge is 2.42. The molecule has 2 atom stereocenters. The fraction of sp³-hybridized carbons (Fsp3) is 1.00. The minimum absolute atomic E-state index is 0.359. The van der Waals surface area contributed by atoms with Crippen molar-refractivity contribution in [2.45, 2.75) is 57.8 Å². The van der Waals surface area contributed by atoms with E-state index in [-0.39, 0.29) is 0 Å². The normalized spacial score (nSPS) is 39.0. The Hall–Kier alpha value is 0.400. The molecule has 2 nitrogen and oxygen atoms in total. The summed E-state index contributed by atoms with van der Waals surface area (Å²) >= 11 is 3.58. The van der Waals surface area contributed by atoms with Crippen LogP contribution in [0.15, 0.2) is 0 Å². The van der Waals surface area contributed by atoms with Crippen LogP contribution in [-0.4, -0.2) is 30.2 Å². The highest BCUT2D eigenvalue weighted by molar-refractivity contribution is 9.09. The van der Waals surface area contributed by atoms with Gasteiger partial charge in [0.15, 0.2) is 0 Å². The molecule has 1 saturated heterocycles. The molecule has 3 heteroatoms. The van der Waals surface area contributed by atoms with Gasteiger partial charge in [0.2, 0.25) is 0 Å². The minimum Gasteiger partial charge on any atom is -0.377 e. The van der Waals surface area contributed by atoms with E-state index in [4.69, 9.17) is 9.47 Å². The molecule has 0 spiro atoms. The van der Waals surface area contributed by atoms with E-state index in [1.807, 2.05) is 0 Å². The topological polar surface area (TPSA) is 18.5 Å². The van der Waals surface area contributed by atoms with Crippen molar-refractivity contribution in [3.63, 3.8) is 0 Å². The van der Waals surface area contributed by atoms with E-state index in [9.17, 15) is 0 Å². The smallest absolute Gasteiger partial charge is 0.0624 e. The predicted octanol–water partition coefficient (Wildman–Crippen LogP) is 3.13. The van der Waals surface area contributed by atoms with Crippen LogP contribution in [-0.2, 0) is 9.47 Å². The fourth-order valence-electron chi connectivity index (χ4n) is 2.27. The van der Waals surface area contributed by atoms with Crippen molar-refractivity contribution < 1.29 is 9.47 Å². The monoisotopic (exact) mass is 276 g/mol. The van der Waals surface area contributed by atoms with Crippen LogP contribution in [0, 0.1) is 5.41 Å². The molecule has 1 saturated carbocycles. The van der Waals surface area contributed by atoms with E-state index in [0.29, 0.717) is 23.7 Å². The van der Waals surface area contributed by atoms with Gasteiger partial charge in [0.1, 0.15) is 0 Å². The first-order valence-electron chi connectivity index (χ1n) is 5.96. The van der Waals surface area contributed by atoms with E-state index >= 15 is 0 Å². The van der Waals surface area contributed by atoms with Crippen LogP contribution in [0.25, 0.3) is 0 Å². The maximum Gasteiger partial charge on any atom is 0.0624 e. The van der Waals surface area contributed by atoms with Crippen molar-refractivity contribution in [1.82, 2.24) is 0 Å². The molecular weight excluding hydrogens is 256 g/mol. The first kappa shape index (κ1) is 11.9. The van der Waals surface area contributed by atoms with E-state index < -0.39 is 0 Å². The van der Waals surface area contributed by atoms with Crippen LogP contribution >= 0.6 is 15.9 Å². The number of rotatable bonds is 4. The van der Waals surface area contributed by atoms with Gasteiger partial charge in [0, 0.05) is 10.7 Å². The van der Waals surface area contributed by atoms with Gasteiger partial charge in [0.25, 0.3) is 0 Å². The maximum absolute atomic E-state index is 6.03. The van der Waals surface area contributed by atoms with Gasteiger partial charge >= 0.3 is 0 Å². The Bertz CT molecular complexity index is 206. The zero-order valence-corrected chi connectivity index (χ0v) is 11.3. The molecule has 0 bridgehead atoms. The lowest BCUT2D eigenvalue weighted by molar-refractivity contribution is -0.107. The highest BCUT2D eigenvalue weighted by Crippen LogP contribution is 2.47. The molecule has 1 aliphatic carbocycles. The van der Waals surface area contributed by atoms with Gasteiger partial charge in [-0.15, -0.1) is 0 Å². The Kier molecular flexibility index (Phi) is 3.74. The molecule has 2 unspecified atom stereocenters. The zero-order chi connectivity index (χ0) is 10.9. The fourth-order valence-corrected chi connectivity index (χ4v) is 2.99. The van der Waals surface area contributed by atoms with Gasteiger partial charge in [-0.3, -0.25) is 0 Å². The van der Waals surface area contributed by atoms with Gasteiger partial charge in [-0.05, 0) is 39.5 Å². The summed E-state index contributed by atoms with van der Waals surface area (Å²) in [7, 11) is 0. The zero-order valence-electron chi connectivity index (χ0n) is 9.67. The third kappa shape index (κ3) is 3.18. The summed E-state index contributed by atoms with van der Waals surface area (Å²) in [5.74, 6) is 0. The third-order valence-corrected chi connectivity index (χ3v) is 4.71. The van der Waals surface area contributed by atoms with E-state index in [1.165, 1.54) is 12.8 Å². The number of ether oxygens (including phenoxy) is 2. The van der Waals surface area contributed by atoms with Crippen LogP contribution in [0.4, 0.5) is 0 Å². The molecular formula is C12H21BrO2. The first-order chi connectivity index (χ1) is 7.13. The van der Waals surface area contributed by atoms with Gasteiger partial charge < -0.3 is 9.47 Å². The van der Waals surface area contributed by atoms with Crippen molar-refractivity contribution in [3.8, 4) is 0 Å². The Balaban J connectivity index is 1.74. The van der Waals surface area contributed by atoms with Gasteiger partial charge in [-0.2, -0.15) is 0 Å². The second kappa shape index (κ2) is 4.72. The largest absolute Gasteiger partial charge is 0.377 e. The van der Waals surface area contributed by atoms with Crippen LogP contribution in [0.2, 0.25) is 0 Å². The Morgan fingerprint density at radius 1 is 1.27 bits per heavy atom. The molecule has 0 aromatic rings. The summed E-state index contributed by atoms with van der Waals surface area (Å²) in [5, 5.41) is 1.09. The highest BCUT2D eigenvalue weighted by atomic mass is 79.9. The molecule has 88 valence electrons. The second-order valence-electron chi connectivity index (χ2n) is 5.30. The van der Waals surface area contributed by atoms with Crippen molar-refractivity contribution in [2.24, 2.45) is 5.41 Å². The molecule has 0 N–H and O–H groups in total. The van der Waals surface area contributed by atoms with Gasteiger partial charge in [-0.25, -0.2) is 0 Å². The molecule has 1 heterocycles. The van der Waals surface area contributed by atoms with Gasteiger partial charge in [0.05, 0.1) is 24.9 Å². The quantitative estimate of drug-likeness (QED) is 0.735. The number of hydrogen-bond acceptors (Lipinski definition) is 2. The molecule has 0 aromatic carbocycles. The Morgan fingerprint density at radius 3 is 2.33 bits per heavy atom. The SMILES string of the molecule is CC1CC(OCC2(CBr)CC2)CC(C)O1. The van der Waals surface area contributed by atoms with Crippen molar-refractivity contribution in [1.29, 1.82) is 0 Å². The molecule has 0 amide bonds. The molecule has 15 heavy (non-hydrogen) atoms. The summed E-state index contributed by atoms with van der Waals surface area (Å²) < 4.78 is 11.7. The average molecular weight is 277 g/mol. The molecule has 2 fully saturated rings. The number of halogens is 1. The van der Waals surface area contributed by atoms with Crippen LogP contribution in [0.5, 0.6) is 0 Å². The third-order valence-electron chi connectivity index (χ3n) is 3.52. The van der Waals surface area contributed by atoms with Crippen LogP contribution in [0.1, 0.15) is 39.5 Å².